The Bertz CT molecular complexity index is 1270. The summed E-state index contributed by atoms with van der Waals surface area (Å²) in [6, 6.07) is 18.4. The number of hydrogen-bond donors (Lipinski definition) is 1. The van der Waals surface area contributed by atoms with Crippen molar-refractivity contribution in [3.8, 4) is 11.5 Å². The van der Waals surface area contributed by atoms with Gasteiger partial charge in [-0.2, -0.15) is 0 Å². The summed E-state index contributed by atoms with van der Waals surface area (Å²) in [5, 5.41) is 2.83. The minimum atomic E-state index is -4.87. The van der Waals surface area contributed by atoms with Gasteiger partial charge in [-0.05, 0) is 48.9 Å². The average Bonchev–Trinajstić information content (AvgIpc) is 3.03. The molecule has 1 aliphatic rings. The fourth-order valence-corrected chi connectivity index (χ4v) is 3.51. The van der Waals surface area contributed by atoms with Crippen LogP contribution in [0, 0.1) is 6.92 Å². The number of alkyl halides is 3. The summed E-state index contributed by atoms with van der Waals surface area (Å²) in [6.45, 7) is 1.88. The molecule has 0 spiro atoms. The van der Waals surface area contributed by atoms with Gasteiger partial charge in [0.15, 0.2) is 0 Å². The Morgan fingerprint density at radius 3 is 2.15 bits per heavy atom. The second-order valence-corrected chi connectivity index (χ2v) is 7.46. The lowest BCUT2D eigenvalue weighted by atomic mass is 10.0. The zero-order valence-corrected chi connectivity index (χ0v) is 18.1. The highest BCUT2D eigenvalue weighted by Gasteiger charge is 2.40. The number of carbonyl (C=O) groups excluding carboxylic acids is 2. The summed E-state index contributed by atoms with van der Waals surface area (Å²) >= 11 is 0. The van der Waals surface area contributed by atoms with Crippen molar-refractivity contribution in [1.82, 2.24) is 0 Å². The molecule has 0 saturated carbocycles. The number of carbonyl (C=O) groups is 2. The minimum absolute atomic E-state index is 0.0613. The van der Waals surface area contributed by atoms with E-state index >= 15 is 0 Å². The van der Waals surface area contributed by atoms with Crippen LogP contribution in [0.4, 0.5) is 24.5 Å². The first-order chi connectivity index (χ1) is 16.2. The second kappa shape index (κ2) is 8.93. The molecule has 4 rings (SSSR count). The van der Waals surface area contributed by atoms with Crippen molar-refractivity contribution in [3.05, 3.63) is 89.6 Å². The van der Waals surface area contributed by atoms with E-state index in [-0.39, 0.29) is 17.0 Å². The summed E-state index contributed by atoms with van der Waals surface area (Å²) in [4.78, 5) is 27.8. The van der Waals surface area contributed by atoms with Crippen LogP contribution in [0.25, 0.3) is 5.57 Å². The molecular formula is C25H19F3N2O4. The van der Waals surface area contributed by atoms with Crippen molar-refractivity contribution in [2.45, 2.75) is 13.3 Å². The number of halogens is 3. The molecule has 3 aromatic rings. The third-order valence-electron chi connectivity index (χ3n) is 5.09. The fourth-order valence-electron chi connectivity index (χ4n) is 3.51. The van der Waals surface area contributed by atoms with Crippen molar-refractivity contribution in [3.63, 3.8) is 0 Å². The highest BCUT2D eigenvalue weighted by molar-refractivity contribution is 6.46. The average molecular weight is 468 g/mol. The van der Waals surface area contributed by atoms with E-state index in [0.29, 0.717) is 17.0 Å². The van der Waals surface area contributed by atoms with Crippen LogP contribution in [-0.2, 0) is 9.59 Å². The van der Waals surface area contributed by atoms with Crippen molar-refractivity contribution < 1.29 is 32.2 Å². The molecule has 1 heterocycles. The smallest absolute Gasteiger partial charge is 0.497 e. The Morgan fingerprint density at radius 2 is 1.53 bits per heavy atom. The Kier molecular flexibility index (Phi) is 6.02. The van der Waals surface area contributed by atoms with Crippen LogP contribution in [0.3, 0.4) is 0 Å². The lowest BCUT2D eigenvalue weighted by Crippen LogP contribution is -2.32. The fraction of sp³-hybridized carbons (Fsp3) is 0.120. The molecule has 3 aromatic carbocycles. The summed E-state index contributed by atoms with van der Waals surface area (Å²) < 4.78 is 47.0. The molecule has 0 bridgehead atoms. The maximum absolute atomic E-state index is 13.4. The number of nitrogens with zero attached hydrogens (tertiary/aromatic N) is 1. The van der Waals surface area contributed by atoms with Gasteiger partial charge in [-0.25, -0.2) is 4.90 Å². The number of benzene rings is 3. The van der Waals surface area contributed by atoms with Crippen molar-refractivity contribution in [2.75, 3.05) is 17.3 Å². The number of imide groups is 1. The molecule has 0 saturated heterocycles. The van der Waals surface area contributed by atoms with E-state index in [1.165, 1.54) is 19.2 Å². The minimum Gasteiger partial charge on any atom is -0.497 e. The highest BCUT2D eigenvalue weighted by atomic mass is 19.4. The molecule has 0 fully saturated rings. The molecule has 1 N–H and O–H groups in total. The van der Waals surface area contributed by atoms with Crippen LogP contribution < -0.4 is 19.7 Å². The first kappa shape index (κ1) is 22.9. The molecule has 9 heteroatoms. The largest absolute Gasteiger partial charge is 0.573 e. The topological polar surface area (TPSA) is 67.9 Å². The Balaban J connectivity index is 1.75. The molecule has 6 nitrogen and oxygen atoms in total. The normalized spacial score (nSPS) is 14.0. The summed E-state index contributed by atoms with van der Waals surface area (Å²) in [5.74, 6) is -1.12. The molecule has 0 unspecified atom stereocenters. The number of hydrogen-bond acceptors (Lipinski definition) is 5. The Morgan fingerprint density at radius 1 is 0.853 bits per heavy atom. The molecule has 0 radical (unpaired) electrons. The maximum Gasteiger partial charge on any atom is 0.573 e. The lowest BCUT2D eigenvalue weighted by molar-refractivity contribution is -0.274. The number of anilines is 2. The van der Waals surface area contributed by atoms with Gasteiger partial charge in [0.05, 0.1) is 18.4 Å². The number of rotatable bonds is 6. The Labute approximate surface area is 193 Å². The van der Waals surface area contributed by atoms with Crippen LogP contribution in [0.5, 0.6) is 11.5 Å². The van der Waals surface area contributed by atoms with E-state index < -0.39 is 23.9 Å². The standard InChI is InChI=1S/C25H19F3N2O4/c1-15-6-8-16(9-7-15)21-22(29-17-4-3-5-20(14-17)34-25(26,27)28)24(32)30(23(21)31)18-10-12-19(33-2)13-11-18/h3-14,29H,1-2H3. The van der Waals surface area contributed by atoms with E-state index in [4.69, 9.17) is 4.74 Å². The maximum atomic E-state index is 13.4. The van der Waals surface area contributed by atoms with Gasteiger partial charge in [0.25, 0.3) is 11.8 Å². The molecule has 174 valence electrons. The van der Waals surface area contributed by atoms with E-state index in [1.807, 2.05) is 6.92 Å². The predicted molar refractivity (Wildman–Crippen MR) is 120 cm³/mol. The molecule has 0 atom stereocenters. The number of methoxy groups -OCH3 is 1. The zero-order chi connectivity index (χ0) is 24.5. The molecule has 0 aromatic heterocycles. The van der Waals surface area contributed by atoms with E-state index in [0.717, 1.165) is 22.6 Å². The van der Waals surface area contributed by atoms with Gasteiger partial charge in [-0.1, -0.05) is 35.9 Å². The SMILES string of the molecule is COc1ccc(N2C(=O)C(Nc3cccc(OC(F)(F)F)c3)=C(c3ccc(C)cc3)C2=O)cc1. The monoisotopic (exact) mass is 468 g/mol. The predicted octanol–water partition coefficient (Wildman–Crippen LogP) is 5.30. The molecule has 1 aliphatic heterocycles. The van der Waals surface area contributed by atoms with Crippen molar-refractivity contribution in [2.24, 2.45) is 0 Å². The van der Waals surface area contributed by atoms with Gasteiger partial charge in [0, 0.05) is 11.8 Å². The van der Waals surface area contributed by atoms with Gasteiger partial charge in [0.2, 0.25) is 0 Å². The van der Waals surface area contributed by atoms with E-state index in [1.54, 1.807) is 48.5 Å². The zero-order valence-electron chi connectivity index (χ0n) is 18.1. The van der Waals surface area contributed by atoms with E-state index in [9.17, 15) is 22.8 Å². The number of ether oxygens (including phenoxy) is 2. The molecular weight excluding hydrogens is 449 g/mol. The first-order valence-corrected chi connectivity index (χ1v) is 10.1. The number of aryl methyl sites for hydroxylation is 1. The van der Waals surface area contributed by atoms with Crippen LogP contribution in [0.1, 0.15) is 11.1 Å². The van der Waals surface area contributed by atoms with Gasteiger partial charge < -0.3 is 14.8 Å². The van der Waals surface area contributed by atoms with Crippen LogP contribution in [0.2, 0.25) is 0 Å². The van der Waals surface area contributed by atoms with Gasteiger partial charge in [-0.15, -0.1) is 13.2 Å². The van der Waals surface area contributed by atoms with Crippen molar-refractivity contribution >= 4 is 28.8 Å². The Hall–Kier alpha value is -4.27. The van der Waals surface area contributed by atoms with Crippen LogP contribution in [-0.4, -0.2) is 25.3 Å². The third kappa shape index (κ3) is 4.73. The van der Waals surface area contributed by atoms with E-state index in [2.05, 4.69) is 10.1 Å². The molecule has 2 amide bonds. The van der Waals surface area contributed by atoms with Gasteiger partial charge >= 0.3 is 6.36 Å². The van der Waals surface area contributed by atoms with Crippen LogP contribution >= 0.6 is 0 Å². The second-order valence-electron chi connectivity index (χ2n) is 7.46. The first-order valence-electron chi connectivity index (χ1n) is 10.1. The summed E-state index contributed by atoms with van der Waals surface area (Å²) in [5.41, 5.74) is 1.96. The lowest BCUT2D eigenvalue weighted by Gasteiger charge is -2.16. The highest BCUT2D eigenvalue weighted by Crippen LogP contribution is 2.35. The molecule has 0 aliphatic carbocycles. The number of nitrogens with one attached hydrogen (secondary N) is 1. The van der Waals surface area contributed by atoms with Crippen molar-refractivity contribution in [1.29, 1.82) is 0 Å². The summed E-state index contributed by atoms with van der Waals surface area (Å²) in [6.07, 6.45) is -4.87. The molecule has 34 heavy (non-hydrogen) atoms. The van der Waals surface area contributed by atoms with Gasteiger partial charge in [-0.3, -0.25) is 9.59 Å². The quantitative estimate of drug-likeness (QED) is 0.498. The third-order valence-corrected chi connectivity index (χ3v) is 5.09. The summed E-state index contributed by atoms with van der Waals surface area (Å²) in [7, 11) is 1.50. The van der Waals surface area contributed by atoms with Gasteiger partial charge in [0.1, 0.15) is 17.2 Å². The van der Waals surface area contributed by atoms with Crippen LogP contribution in [0.15, 0.2) is 78.5 Å². The number of amides is 2.